The van der Waals surface area contributed by atoms with E-state index in [1.165, 1.54) is 13.2 Å². The summed E-state index contributed by atoms with van der Waals surface area (Å²) in [4.78, 5) is 23.5. The maximum atomic E-state index is 12.0. The third-order valence-electron chi connectivity index (χ3n) is 2.59. The number of nitrogens with one attached hydrogen (secondary N) is 2. The topological polar surface area (TPSA) is 93.5 Å². The Kier molecular flexibility index (Phi) is 5.17. The number of likely N-dealkylation sites (N-methyl/N-ethyl adjacent to an activating group) is 1. The highest BCUT2D eigenvalue weighted by Crippen LogP contribution is 2.22. The summed E-state index contributed by atoms with van der Waals surface area (Å²) < 4.78 is 5.04. The van der Waals surface area contributed by atoms with Gasteiger partial charge in [-0.15, -0.1) is 0 Å². The Morgan fingerprint density at radius 2 is 2.11 bits per heavy atom. The van der Waals surface area contributed by atoms with Gasteiger partial charge in [0.15, 0.2) is 0 Å². The van der Waals surface area contributed by atoms with E-state index in [1.54, 1.807) is 19.1 Å². The number of hydrogen-bond donors (Lipinski definition) is 3. The fraction of sp³-hybridized carbons (Fsp3) is 0.385. The number of anilines is 1. The van der Waals surface area contributed by atoms with Crippen LogP contribution in [0.1, 0.15) is 24.2 Å². The second kappa shape index (κ2) is 6.63. The van der Waals surface area contributed by atoms with Gasteiger partial charge in [-0.2, -0.15) is 0 Å². The first-order valence-electron chi connectivity index (χ1n) is 6.01. The highest BCUT2D eigenvalue weighted by Gasteiger charge is 2.16. The second-order valence-corrected chi connectivity index (χ2v) is 4.05. The number of rotatable bonds is 5. The Bertz CT molecular complexity index is 474. The molecule has 1 aromatic rings. The van der Waals surface area contributed by atoms with Crippen LogP contribution < -0.4 is 21.1 Å². The molecule has 0 heterocycles. The van der Waals surface area contributed by atoms with Crippen LogP contribution >= 0.6 is 0 Å². The SMILES string of the molecule is CCNC(=O)C(C)NC(=O)c1ccc(N)c(OC)c1. The summed E-state index contributed by atoms with van der Waals surface area (Å²) in [6.07, 6.45) is 0. The van der Waals surface area contributed by atoms with Crippen molar-refractivity contribution in [2.45, 2.75) is 19.9 Å². The van der Waals surface area contributed by atoms with E-state index < -0.39 is 6.04 Å². The van der Waals surface area contributed by atoms with Crippen molar-refractivity contribution in [3.05, 3.63) is 23.8 Å². The first kappa shape index (κ1) is 14.8. The van der Waals surface area contributed by atoms with Crippen molar-refractivity contribution >= 4 is 17.5 Å². The Morgan fingerprint density at radius 1 is 1.42 bits per heavy atom. The molecule has 0 fully saturated rings. The molecule has 104 valence electrons. The van der Waals surface area contributed by atoms with E-state index in [2.05, 4.69) is 10.6 Å². The number of amides is 2. The Balaban J connectivity index is 2.75. The van der Waals surface area contributed by atoms with E-state index in [0.29, 0.717) is 23.5 Å². The number of carbonyl (C=O) groups excluding carboxylic acids is 2. The second-order valence-electron chi connectivity index (χ2n) is 4.05. The molecular formula is C13H19N3O3. The molecule has 1 rings (SSSR count). The van der Waals surface area contributed by atoms with Gasteiger partial charge < -0.3 is 21.1 Å². The van der Waals surface area contributed by atoms with Gasteiger partial charge in [-0.25, -0.2) is 0 Å². The molecule has 0 radical (unpaired) electrons. The van der Waals surface area contributed by atoms with Crippen LogP contribution in [0.2, 0.25) is 0 Å². The van der Waals surface area contributed by atoms with Crippen LogP contribution in [0.25, 0.3) is 0 Å². The summed E-state index contributed by atoms with van der Waals surface area (Å²) in [5, 5.41) is 5.24. The number of nitrogen functional groups attached to an aromatic ring is 1. The van der Waals surface area contributed by atoms with Crippen molar-refractivity contribution in [1.82, 2.24) is 10.6 Å². The third kappa shape index (κ3) is 3.87. The number of methoxy groups -OCH3 is 1. The molecule has 0 aliphatic carbocycles. The Morgan fingerprint density at radius 3 is 2.68 bits per heavy atom. The van der Waals surface area contributed by atoms with Crippen LogP contribution in [-0.2, 0) is 4.79 Å². The van der Waals surface area contributed by atoms with Crippen LogP contribution in [0.15, 0.2) is 18.2 Å². The van der Waals surface area contributed by atoms with Crippen molar-refractivity contribution in [2.75, 3.05) is 19.4 Å². The molecule has 0 saturated heterocycles. The molecular weight excluding hydrogens is 246 g/mol. The minimum atomic E-state index is -0.601. The lowest BCUT2D eigenvalue weighted by Gasteiger charge is -2.14. The van der Waals surface area contributed by atoms with Crippen molar-refractivity contribution in [3.8, 4) is 5.75 Å². The van der Waals surface area contributed by atoms with Gasteiger partial charge in [0.2, 0.25) is 5.91 Å². The average molecular weight is 265 g/mol. The zero-order valence-corrected chi connectivity index (χ0v) is 11.3. The van der Waals surface area contributed by atoms with Gasteiger partial charge >= 0.3 is 0 Å². The fourth-order valence-electron chi connectivity index (χ4n) is 1.53. The molecule has 0 aromatic heterocycles. The largest absolute Gasteiger partial charge is 0.495 e. The number of carbonyl (C=O) groups is 2. The lowest BCUT2D eigenvalue weighted by atomic mass is 10.1. The summed E-state index contributed by atoms with van der Waals surface area (Å²) in [5.41, 5.74) is 6.51. The van der Waals surface area contributed by atoms with Gasteiger partial charge in [0.25, 0.3) is 5.91 Å². The molecule has 0 saturated carbocycles. The van der Waals surface area contributed by atoms with Gasteiger partial charge in [0.1, 0.15) is 11.8 Å². The standard InChI is InChI=1S/C13H19N3O3/c1-4-15-12(17)8(2)16-13(18)9-5-6-10(14)11(7-9)19-3/h5-8H,4,14H2,1-3H3,(H,15,17)(H,16,18). The van der Waals surface area contributed by atoms with E-state index in [4.69, 9.17) is 10.5 Å². The van der Waals surface area contributed by atoms with E-state index in [-0.39, 0.29) is 11.8 Å². The maximum absolute atomic E-state index is 12.0. The summed E-state index contributed by atoms with van der Waals surface area (Å²) >= 11 is 0. The van der Waals surface area contributed by atoms with E-state index in [0.717, 1.165) is 0 Å². The van der Waals surface area contributed by atoms with Crippen molar-refractivity contribution < 1.29 is 14.3 Å². The first-order chi connectivity index (χ1) is 8.99. The highest BCUT2D eigenvalue weighted by atomic mass is 16.5. The minimum absolute atomic E-state index is 0.224. The maximum Gasteiger partial charge on any atom is 0.252 e. The molecule has 1 unspecified atom stereocenters. The molecule has 19 heavy (non-hydrogen) atoms. The Labute approximate surface area is 112 Å². The van der Waals surface area contributed by atoms with Gasteiger partial charge in [0, 0.05) is 12.1 Å². The van der Waals surface area contributed by atoms with E-state index in [9.17, 15) is 9.59 Å². The van der Waals surface area contributed by atoms with Crippen molar-refractivity contribution in [3.63, 3.8) is 0 Å². The zero-order valence-electron chi connectivity index (χ0n) is 11.3. The lowest BCUT2D eigenvalue weighted by molar-refractivity contribution is -0.122. The Hall–Kier alpha value is -2.24. The van der Waals surface area contributed by atoms with Gasteiger partial charge in [-0.05, 0) is 32.0 Å². The van der Waals surface area contributed by atoms with E-state index >= 15 is 0 Å². The molecule has 0 bridgehead atoms. The monoisotopic (exact) mass is 265 g/mol. The van der Waals surface area contributed by atoms with Gasteiger partial charge in [0.05, 0.1) is 12.8 Å². The van der Waals surface area contributed by atoms with Crippen LogP contribution in [0, 0.1) is 0 Å². The number of benzene rings is 1. The minimum Gasteiger partial charge on any atom is -0.495 e. The molecule has 0 aliphatic heterocycles. The first-order valence-corrected chi connectivity index (χ1v) is 6.01. The highest BCUT2D eigenvalue weighted by molar-refractivity contribution is 5.98. The molecule has 6 heteroatoms. The van der Waals surface area contributed by atoms with Crippen molar-refractivity contribution in [2.24, 2.45) is 0 Å². The number of hydrogen-bond acceptors (Lipinski definition) is 4. The fourth-order valence-corrected chi connectivity index (χ4v) is 1.53. The summed E-state index contributed by atoms with van der Waals surface area (Å²) in [6.45, 7) is 3.96. The average Bonchev–Trinajstić information content (AvgIpc) is 2.39. The zero-order chi connectivity index (χ0) is 14.4. The molecule has 1 aromatic carbocycles. The van der Waals surface area contributed by atoms with Crippen LogP contribution in [-0.4, -0.2) is 31.5 Å². The smallest absolute Gasteiger partial charge is 0.252 e. The summed E-state index contributed by atoms with van der Waals surface area (Å²) in [5.74, 6) is -0.145. The van der Waals surface area contributed by atoms with Crippen LogP contribution in [0.5, 0.6) is 5.75 Å². The quantitative estimate of drug-likeness (QED) is 0.677. The molecule has 6 nitrogen and oxygen atoms in total. The molecule has 2 amide bonds. The molecule has 4 N–H and O–H groups in total. The van der Waals surface area contributed by atoms with Crippen molar-refractivity contribution in [1.29, 1.82) is 0 Å². The number of nitrogens with two attached hydrogens (primary N) is 1. The normalized spacial score (nSPS) is 11.5. The molecule has 0 spiro atoms. The summed E-state index contributed by atoms with van der Waals surface area (Å²) in [6, 6.07) is 4.10. The van der Waals surface area contributed by atoms with E-state index in [1.807, 2.05) is 6.92 Å². The molecule has 0 aliphatic rings. The van der Waals surface area contributed by atoms with Gasteiger partial charge in [-0.1, -0.05) is 0 Å². The van der Waals surface area contributed by atoms with Crippen LogP contribution in [0.4, 0.5) is 5.69 Å². The lowest BCUT2D eigenvalue weighted by Crippen LogP contribution is -2.44. The van der Waals surface area contributed by atoms with Gasteiger partial charge in [-0.3, -0.25) is 9.59 Å². The molecule has 1 atom stereocenters. The number of ether oxygens (including phenoxy) is 1. The summed E-state index contributed by atoms with van der Waals surface area (Å²) in [7, 11) is 1.48. The predicted molar refractivity (Wildman–Crippen MR) is 73.0 cm³/mol. The third-order valence-corrected chi connectivity index (χ3v) is 2.59. The predicted octanol–water partition coefficient (Wildman–Crippen LogP) is 0.532. The van der Waals surface area contributed by atoms with Crippen LogP contribution in [0.3, 0.4) is 0 Å².